The highest BCUT2D eigenvalue weighted by atomic mass is 16.3. The Bertz CT molecular complexity index is 1110. The number of rotatable bonds is 3. The van der Waals surface area contributed by atoms with Crippen LogP contribution in [0.15, 0.2) is 36.4 Å². The van der Waals surface area contributed by atoms with Crippen molar-refractivity contribution in [3.05, 3.63) is 42.0 Å². The number of β-amino-alcohol motifs (C(OH)–C–C–N with tert-alkyl or cyclic N) is 1. The van der Waals surface area contributed by atoms with Crippen LogP contribution in [0.25, 0.3) is 5.65 Å². The number of carbonyl (C=O) groups excluding carboxylic acids is 1. The summed E-state index contributed by atoms with van der Waals surface area (Å²) < 4.78 is 1.77. The number of aromatic nitrogens is 3. The van der Waals surface area contributed by atoms with E-state index in [-0.39, 0.29) is 5.91 Å². The fourth-order valence-corrected chi connectivity index (χ4v) is 3.92. The molecule has 0 aliphatic carbocycles. The van der Waals surface area contributed by atoms with Crippen LogP contribution in [0, 0.1) is 0 Å². The number of hydrogen-bond acceptors (Lipinski definition) is 6. The number of pyridine rings is 1. The highest BCUT2D eigenvalue weighted by molar-refractivity contribution is 6.06. The third kappa shape index (κ3) is 2.52. The second-order valence-corrected chi connectivity index (χ2v) is 8.41. The zero-order chi connectivity index (χ0) is 19.7. The van der Waals surface area contributed by atoms with Crippen molar-refractivity contribution in [2.45, 2.75) is 31.8 Å². The van der Waals surface area contributed by atoms with Crippen molar-refractivity contribution in [1.29, 1.82) is 0 Å². The predicted octanol–water partition coefficient (Wildman–Crippen LogP) is 2.27. The van der Waals surface area contributed by atoms with Gasteiger partial charge in [0.05, 0.1) is 11.0 Å². The first-order chi connectivity index (χ1) is 13.2. The van der Waals surface area contributed by atoms with Gasteiger partial charge in [-0.15, -0.1) is 5.10 Å². The molecular weight excluding hydrogens is 356 g/mol. The van der Waals surface area contributed by atoms with E-state index in [1.54, 1.807) is 4.52 Å². The highest BCUT2D eigenvalue weighted by Gasteiger charge is 2.39. The van der Waals surface area contributed by atoms with Gasteiger partial charge in [0, 0.05) is 24.5 Å². The third-order valence-electron chi connectivity index (χ3n) is 5.49. The van der Waals surface area contributed by atoms with E-state index in [1.165, 1.54) is 0 Å². The lowest BCUT2D eigenvalue weighted by Gasteiger charge is -2.45. The average molecular weight is 378 g/mol. The van der Waals surface area contributed by atoms with Gasteiger partial charge in [0.2, 0.25) is 11.9 Å². The molecule has 0 atom stereocenters. The summed E-state index contributed by atoms with van der Waals surface area (Å²) in [4.78, 5) is 18.8. The maximum atomic E-state index is 12.1. The highest BCUT2D eigenvalue weighted by Crippen LogP contribution is 2.39. The van der Waals surface area contributed by atoms with E-state index < -0.39 is 11.0 Å². The van der Waals surface area contributed by atoms with Gasteiger partial charge in [0.25, 0.3) is 0 Å². The number of nitrogens with one attached hydrogen (secondary N) is 2. The van der Waals surface area contributed by atoms with E-state index in [1.807, 2.05) is 57.2 Å². The summed E-state index contributed by atoms with van der Waals surface area (Å²) in [5.41, 5.74) is 2.14. The molecule has 2 aliphatic heterocycles. The molecule has 1 aromatic carbocycles. The number of anilines is 4. The van der Waals surface area contributed by atoms with Gasteiger partial charge in [-0.05, 0) is 50.6 Å². The summed E-state index contributed by atoms with van der Waals surface area (Å²) in [6, 6.07) is 11.6. The summed E-state index contributed by atoms with van der Waals surface area (Å²) in [7, 11) is 0. The van der Waals surface area contributed by atoms with Gasteiger partial charge in [-0.25, -0.2) is 0 Å². The Balaban J connectivity index is 1.44. The van der Waals surface area contributed by atoms with E-state index in [4.69, 9.17) is 0 Å². The van der Waals surface area contributed by atoms with Crippen molar-refractivity contribution in [2.24, 2.45) is 0 Å². The topological polar surface area (TPSA) is 94.8 Å². The Morgan fingerprint density at radius 1 is 1.18 bits per heavy atom. The molecule has 1 amide bonds. The first kappa shape index (κ1) is 17.0. The SMILES string of the molecule is CC1(O)CN(c2cccc3nc(Nc4ccc5c(c4)NC(=O)C5(C)C)nn23)C1. The molecule has 2 aromatic heterocycles. The van der Waals surface area contributed by atoms with Crippen LogP contribution in [-0.4, -0.2) is 44.3 Å². The van der Waals surface area contributed by atoms with Gasteiger partial charge in [0.15, 0.2) is 5.65 Å². The molecule has 5 rings (SSSR count). The molecule has 1 saturated heterocycles. The Morgan fingerprint density at radius 2 is 1.96 bits per heavy atom. The number of benzene rings is 1. The molecule has 3 N–H and O–H groups in total. The van der Waals surface area contributed by atoms with E-state index >= 15 is 0 Å². The van der Waals surface area contributed by atoms with Crippen molar-refractivity contribution < 1.29 is 9.90 Å². The molecule has 8 nitrogen and oxygen atoms in total. The minimum atomic E-state index is -0.660. The molecule has 2 aliphatic rings. The summed E-state index contributed by atoms with van der Waals surface area (Å²) in [6.45, 7) is 6.79. The largest absolute Gasteiger partial charge is 0.386 e. The molecule has 0 spiro atoms. The number of nitrogens with zero attached hydrogens (tertiary/aromatic N) is 4. The van der Waals surface area contributed by atoms with Crippen LogP contribution in [0.4, 0.5) is 23.1 Å². The lowest BCUT2D eigenvalue weighted by atomic mass is 9.86. The van der Waals surface area contributed by atoms with E-state index in [0.717, 1.165) is 28.4 Å². The van der Waals surface area contributed by atoms with Crippen LogP contribution in [-0.2, 0) is 10.2 Å². The summed E-state index contributed by atoms with van der Waals surface area (Å²) >= 11 is 0. The minimum Gasteiger partial charge on any atom is -0.386 e. The van der Waals surface area contributed by atoms with Crippen molar-refractivity contribution in [3.63, 3.8) is 0 Å². The number of aliphatic hydroxyl groups is 1. The van der Waals surface area contributed by atoms with Crippen molar-refractivity contribution in [1.82, 2.24) is 14.6 Å². The third-order valence-corrected chi connectivity index (χ3v) is 5.49. The molecule has 4 heterocycles. The molecule has 0 bridgehead atoms. The number of carbonyl (C=O) groups is 1. The van der Waals surface area contributed by atoms with Gasteiger partial charge in [-0.1, -0.05) is 12.1 Å². The summed E-state index contributed by atoms with van der Waals surface area (Å²) in [5.74, 6) is 1.37. The van der Waals surface area contributed by atoms with Crippen LogP contribution >= 0.6 is 0 Å². The monoisotopic (exact) mass is 378 g/mol. The molecule has 0 radical (unpaired) electrons. The maximum Gasteiger partial charge on any atom is 0.247 e. The second kappa shape index (κ2) is 5.45. The molecule has 144 valence electrons. The lowest BCUT2D eigenvalue weighted by molar-refractivity contribution is -0.119. The number of amides is 1. The van der Waals surface area contributed by atoms with Gasteiger partial charge in [-0.3, -0.25) is 4.79 Å². The normalized spacial score (nSPS) is 19.3. The van der Waals surface area contributed by atoms with E-state index in [0.29, 0.717) is 19.0 Å². The molecule has 8 heteroatoms. The molecule has 0 unspecified atom stereocenters. The van der Waals surface area contributed by atoms with Crippen LogP contribution < -0.4 is 15.5 Å². The second-order valence-electron chi connectivity index (χ2n) is 8.41. The van der Waals surface area contributed by atoms with Crippen molar-refractivity contribution >= 4 is 34.7 Å². The first-order valence-electron chi connectivity index (χ1n) is 9.29. The zero-order valence-electron chi connectivity index (χ0n) is 16.0. The van der Waals surface area contributed by atoms with Gasteiger partial charge in [-0.2, -0.15) is 9.50 Å². The molecule has 0 saturated carbocycles. The average Bonchev–Trinajstić information content (AvgIpc) is 3.10. The Hall–Kier alpha value is -3.13. The van der Waals surface area contributed by atoms with Crippen molar-refractivity contribution in [2.75, 3.05) is 28.6 Å². The van der Waals surface area contributed by atoms with E-state index in [2.05, 4.69) is 25.6 Å². The quantitative estimate of drug-likeness (QED) is 0.647. The minimum absolute atomic E-state index is 0.000536. The summed E-state index contributed by atoms with van der Waals surface area (Å²) in [6.07, 6.45) is 0. The predicted molar refractivity (Wildman–Crippen MR) is 107 cm³/mol. The molecular formula is C20H22N6O2. The number of fused-ring (bicyclic) bond motifs is 2. The standard InChI is InChI=1S/C20H22N6O2/c1-19(2)13-8-7-12(9-14(13)22-17(19)27)21-18-23-15-5-4-6-16(26(15)24-18)25-10-20(3,28)11-25/h4-9,28H,10-11H2,1-3H3,(H,21,24)(H,22,27). The zero-order valence-corrected chi connectivity index (χ0v) is 16.0. The molecule has 1 fully saturated rings. The van der Waals surface area contributed by atoms with Crippen LogP contribution in [0.2, 0.25) is 0 Å². The molecule has 28 heavy (non-hydrogen) atoms. The molecule has 3 aromatic rings. The lowest BCUT2D eigenvalue weighted by Crippen LogP contribution is -2.60. The van der Waals surface area contributed by atoms with Crippen LogP contribution in [0.1, 0.15) is 26.3 Å². The Morgan fingerprint density at radius 3 is 2.71 bits per heavy atom. The number of hydrogen-bond donors (Lipinski definition) is 3. The fourth-order valence-electron chi connectivity index (χ4n) is 3.92. The summed E-state index contributed by atoms with van der Waals surface area (Å²) in [5, 5.41) is 20.8. The Labute approximate surface area is 162 Å². The van der Waals surface area contributed by atoms with Gasteiger partial charge in [0.1, 0.15) is 5.82 Å². The smallest absolute Gasteiger partial charge is 0.247 e. The van der Waals surface area contributed by atoms with Gasteiger partial charge < -0.3 is 20.6 Å². The van der Waals surface area contributed by atoms with Crippen molar-refractivity contribution in [3.8, 4) is 0 Å². The van der Waals surface area contributed by atoms with Gasteiger partial charge >= 0.3 is 0 Å². The van der Waals surface area contributed by atoms with Crippen LogP contribution in [0.3, 0.4) is 0 Å². The van der Waals surface area contributed by atoms with E-state index in [9.17, 15) is 9.90 Å². The fraction of sp³-hybridized carbons (Fsp3) is 0.350. The maximum absolute atomic E-state index is 12.1. The van der Waals surface area contributed by atoms with Crippen LogP contribution in [0.5, 0.6) is 0 Å². The first-order valence-corrected chi connectivity index (χ1v) is 9.29. The Kier molecular flexibility index (Phi) is 3.31.